The van der Waals surface area contributed by atoms with Crippen LogP contribution < -0.4 is 5.32 Å². The number of hydrogen-bond donors (Lipinski definition) is 2. The lowest BCUT2D eigenvalue weighted by Gasteiger charge is -2.23. The molecule has 0 aromatic heterocycles. The van der Waals surface area contributed by atoms with E-state index in [0.717, 1.165) is 0 Å². The average Bonchev–Trinajstić information content (AvgIpc) is 2.08. The summed E-state index contributed by atoms with van der Waals surface area (Å²) in [4.78, 5) is 0. The molecule has 0 spiro atoms. The summed E-state index contributed by atoms with van der Waals surface area (Å²) in [6.07, 6.45) is 6.21. The molecular weight excluding hydrogens is 174 g/mol. The third-order valence-electron chi connectivity index (χ3n) is 2.37. The summed E-state index contributed by atoms with van der Waals surface area (Å²) in [5, 5.41) is 13.0. The molecule has 0 aliphatic carbocycles. The van der Waals surface area contributed by atoms with Crippen LogP contribution in [0.1, 0.15) is 59.8 Å². The van der Waals surface area contributed by atoms with Crippen LogP contribution in [0.5, 0.6) is 0 Å². The maximum Gasteiger partial charge on any atom is 0.0715 e. The van der Waals surface area contributed by atoms with Gasteiger partial charge < -0.3 is 10.4 Å². The van der Waals surface area contributed by atoms with Gasteiger partial charge in [0.15, 0.2) is 0 Å². The number of rotatable bonds is 8. The Morgan fingerprint density at radius 2 is 1.79 bits per heavy atom. The third kappa shape index (κ3) is 8.52. The lowest BCUT2D eigenvalue weighted by atomic mass is 10.0. The smallest absolute Gasteiger partial charge is 0.0715 e. The maximum atomic E-state index is 9.60. The first-order valence-electron chi connectivity index (χ1n) is 5.95. The Morgan fingerprint density at radius 3 is 2.21 bits per heavy atom. The van der Waals surface area contributed by atoms with Crippen molar-refractivity contribution in [2.75, 3.05) is 6.54 Å². The number of aliphatic hydroxyl groups is 1. The normalized spacial score (nSPS) is 14.4. The SMILES string of the molecule is CCCCC(CCC)NCC(C)(C)O. The van der Waals surface area contributed by atoms with Crippen LogP contribution in [0.2, 0.25) is 0 Å². The maximum absolute atomic E-state index is 9.60. The van der Waals surface area contributed by atoms with Gasteiger partial charge in [0.1, 0.15) is 0 Å². The highest BCUT2D eigenvalue weighted by Crippen LogP contribution is 2.08. The monoisotopic (exact) mass is 201 g/mol. The molecule has 14 heavy (non-hydrogen) atoms. The van der Waals surface area contributed by atoms with Crippen LogP contribution >= 0.6 is 0 Å². The van der Waals surface area contributed by atoms with E-state index in [4.69, 9.17) is 0 Å². The van der Waals surface area contributed by atoms with Crippen LogP contribution in [-0.4, -0.2) is 23.3 Å². The molecule has 0 aliphatic heterocycles. The molecule has 0 amide bonds. The third-order valence-corrected chi connectivity index (χ3v) is 2.37. The predicted molar refractivity (Wildman–Crippen MR) is 62.5 cm³/mol. The minimum absolute atomic E-state index is 0.585. The van der Waals surface area contributed by atoms with Gasteiger partial charge in [-0.25, -0.2) is 0 Å². The van der Waals surface area contributed by atoms with Crippen LogP contribution in [-0.2, 0) is 0 Å². The molecule has 0 bridgehead atoms. The molecule has 0 saturated carbocycles. The Labute approximate surface area is 89.1 Å². The van der Waals surface area contributed by atoms with E-state index in [1.54, 1.807) is 0 Å². The molecule has 1 unspecified atom stereocenters. The molecule has 86 valence electrons. The number of nitrogens with one attached hydrogen (secondary N) is 1. The largest absolute Gasteiger partial charge is 0.389 e. The molecule has 2 N–H and O–H groups in total. The predicted octanol–water partition coefficient (Wildman–Crippen LogP) is 2.71. The van der Waals surface area contributed by atoms with Gasteiger partial charge in [-0.3, -0.25) is 0 Å². The second kappa shape index (κ2) is 7.24. The zero-order valence-corrected chi connectivity index (χ0v) is 10.3. The molecule has 0 radical (unpaired) electrons. The molecule has 2 nitrogen and oxygen atoms in total. The first-order chi connectivity index (χ1) is 6.49. The van der Waals surface area contributed by atoms with Crippen LogP contribution in [0.4, 0.5) is 0 Å². The van der Waals surface area contributed by atoms with Gasteiger partial charge in [0.2, 0.25) is 0 Å². The van der Waals surface area contributed by atoms with Crippen molar-refractivity contribution in [2.24, 2.45) is 0 Å². The van der Waals surface area contributed by atoms with E-state index in [1.807, 2.05) is 13.8 Å². The summed E-state index contributed by atoms with van der Waals surface area (Å²) in [5.41, 5.74) is -0.585. The van der Waals surface area contributed by atoms with Crippen LogP contribution in [0.25, 0.3) is 0 Å². The van der Waals surface area contributed by atoms with Crippen molar-refractivity contribution in [3.8, 4) is 0 Å². The van der Waals surface area contributed by atoms with Gasteiger partial charge in [0.05, 0.1) is 5.60 Å². The van der Waals surface area contributed by atoms with Gasteiger partial charge in [-0.05, 0) is 26.7 Å². The summed E-state index contributed by atoms with van der Waals surface area (Å²) in [5.74, 6) is 0. The highest BCUT2D eigenvalue weighted by atomic mass is 16.3. The summed E-state index contributed by atoms with van der Waals surface area (Å²) >= 11 is 0. The van der Waals surface area contributed by atoms with Crippen LogP contribution in [0.15, 0.2) is 0 Å². The van der Waals surface area contributed by atoms with E-state index in [0.29, 0.717) is 12.6 Å². The van der Waals surface area contributed by atoms with Crippen LogP contribution in [0.3, 0.4) is 0 Å². The van der Waals surface area contributed by atoms with Crippen molar-refractivity contribution in [1.82, 2.24) is 5.32 Å². The molecule has 0 saturated heterocycles. The molecule has 0 rings (SSSR count). The Bertz CT molecular complexity index is 129. The highest BCUT2D eigenvalue weighted by molar-refractivity contribution is 4.74. The van der Waals surface area contributed by atoms with E-state index in [1.165, 1.54) is 32.1 Å². The van der Waals surface area contributed by atoms with Crippen molar-refractivity contribution >= 4 is 0 Å². The fraction of sp³-hybridized carbons (Fsp3) is 1.00. The minimum Gasteiger partial charge on any atom is -0.389 e. The van der Waals surface area contributed by atoms with Crippen molar-refractivity contribution in [2.45, 2.75) is 71.4 Å². The fourth-order valence-corrected chi connectivity index (χ4v) is 1.54. The molecule has 0 aliphatic rings. The summed E-state index contributed by atoms with van der Waals surface area (Å²) in [7, 11) is 0. The van der Waals surface area contributed by atoms with Gasteiger partial charge >= 0.3 is 0 Å². The van der Waals surface area contributed by atoms with Gasteiger partial charge in [0, 0.05) is 12.6 Å². The average molecular weight is 201 g/mol. The van der Waals surface area contributed by atoms with Crippen molar-refractivity contribution < 1.29 is 5.11 Å². The zero-order chi connectivity index (χ0) is 11.0. The molecule has 1 atom stereocenters. The van der Waals surface area contributed by atoms with Gasteiger partial charge in [-0.1, -0.05) is 33.1 Å². The molecular formula is C12H27NO. The Balaban J connectivity index is 3.72. The topological polar surface area (TPSA) is 32.3 Å². The first-order valence-corrected chi connectivity index (χ1v) is 5.95. The van der Waals surface area contributed by atoms with E-state index in [9.17, 15) is 5.11 Å². The Hall–Kier alpha value is -0.0800. The van der Waals surface area contributed by atoms with Gasteiger partial charge in [0.25, 0.3) is 0 Å². The lowest BCUT2D eigenvalue weighted by Crippen LogP contribution is -2.40. The second-order valence-electron chi connectivity index (χ2n) is 4.82. The van der Waals surface area contributed by atoms with E-state index in [-0.39, 0.29) is 0 Å². The second-order valence-corrected chi connectivity index (χ2v) is 4.82. The molecule has 2 heteroatoms. The zero-order valence-electron chi connectivity index (χ0n) is 10.3. The highest BCUT2D eigenvalue weighted by Gasteiger charge is 2.14. The van der Waals surface area contributed by atoms with Gasteiger partial charge in [-0.2, -0.15) is 0 Å². The van der Waals surface area contributed by atoms with E-state index >= 15 is 0 Å². The Kier molecular flexibility index (Phi) is 7.20. The van der Waals surface area contributed by atoms with E-state index in [2.05, 4.69) is 19.2 Å². The summed E-state index contributed by atoms with van der Waals surface area (Å²) in [6, 6.07) is 0.589. The lowest BCUT2D eigenvalue weighted by molar-refractivity contribution is 0.0754. The number of hydrogen-bond acceptors (Lipinski definition) is 2. The minimum atomic E-state index is -0.585. The summed E-state index contributed by atoms with van der Waals surface area (Å²) < 4.78 is 0. The number of unbranched alkanes of at least 4 members (excludes halogenated alkanes) is 1. The van der Waals surface area contributed by atoms with Crippen LogP contribution in [0, 0.1) is 0 Å². The molecule has 0 aromatic carbocycles. The molecule has 0 heterocycles. The Morgan fingerprint density at radius 1 is 1.14 bits per heavy atom. The van der Waals surface area contributed by atoms with E-state index < -0.39 is 5.60 Å². The molecule has 0 aromatic rings. The summed E-state index contributed by atoms with van der Waals surface area (Å²) in [6.45, 7) is 8.83. The molecule has 0 fully saturated rings. The van der Waals surface area contributed by atoms with Gasteiger partial charge in [-0.15, -0.1) is 0 Å². The standard InChI is InChI=1S/C12H27NO/c1-5-7-9-11(8-6-2)13-10-12(3,4)14/h11,13-14H,5-10H2,1-4H3. The van der Waals surface area contributed by atoms with Crippen molar-refractivity contribution in [3.05, 3.63) is 0 Å². The quantitative estimate of drug-likeness (QED) is 0.633. The first kappa shape index (κ1) is 13.9. The van der Waals surface area contributed by atoms with Crippen molar-refractivity contribution in [3.63, 3.8) is 0 Å². The van der Waals surface area contributed by atoms with Crippen molar-refractivity contribution in [1.29, 1.82) is 0 Å². The fourth-order valence-electron chi connectivity index (χ4n) is 1.54.